The van der Waals surface area contributed by atoms with E-state index in [2.05, 4.69) is 44.1 Å². The fraction of sp³-hybridized carbons (Fsp3) is 0.375. The van der Waals surface area contributed by atoms with Gasteiger partial charge in [0.15, 0.2) is 5.84 Å². The summed E-state index contributed by atoms with van der Waals surface area (Å²) in [6.45, 7) is 7.37. The van der Waals surface area contributed by atoms with Crippen molar-refractivity contribution in [3.8, 4) is 0 Å². The summed E-state index contributed by atoms with van der Waals surface area (Å²) in [5.74, 6) is 1.36. The number of nitrogens with zero attached hydrogens (tertiary/aromatic N) is 3. The molecule has 0 saturated carbocycles. The Labute approximate surface area is 129 Å². The van der Waals surface area contributed by atoms with Crippen LogP contribution in [-0.2, 0) is 0 Å². The number of benzene rings is 1. The minimum atomic E-state index is 0.423. The average Bonchev–Trinajstić information content (AvgIpc) is 2.83. The lowest BCUT2D eigenvalue weighted by molar-refractivity contribution is 0.535. The molecule has 0 spiro atoms. The summed E-state index contributed by atoms with van der Waals surface area (Å²) in [7, 11) is 2.06. The quantitative estimate of drug-likeness (QED) is 0.896. The van der Waals surface area contributed by atoms with Gasteiger partial charge in [0.05, 0.1) is 16.4 Å². The van der Waals surface area contributed by atoms with Crippen molar-refractivity contribution < 1.29 is 0 Å². The van der Waals surface area contributed by atoms with Crippen molar-refractivity contribution in [2.45, 2.75) is 26.7 Å². The van der Waals surface area contributed by atoms with E-state index >= 15 is 0 Å². The first kappa shape index (κ1) is 14.1. The number of hydrogen-bond donors (Lipinski definition) is 1. The van der Waals surface area contributed by atoms with Crippen molar-refractivity contribution in [1.82, 2.24) is 9.88 Å². The maximum absolute atomic E-state index is 4.85. The van der Waals surface area contributed by atoms with Crippen molar-refractivity contribution in [2.75, 3.05) is 18.9 Å². The second-order valence-electron chi connectivity index (χ2n) is 5.48. The van der Waals surface area contributed by atoms with Crippen molar-refractivity contribution in [3.05, 3.63) is 35.0 Å². The minimum Gasteiger partial charge on any atom is -0.358 e. The van der Waals surface area contributed by atoms with Gasteiger partial charge in [-0.15, -0.1) is 11.3 Å². The summed E-state index contributed by atoms with van der Waals surface area (Å²) in [5.41, 5.74) is 2.96. The molecule has 5 heteroatoms. The van der Waals surface area contributed by atoms with Crippen LogP contribution in [0.25, 0.3) is 0 Å². The van der Waals surface area contributed by atoms with Crippen molar-refractivity contribution >= 4 is 33.5 Å². The van der Waals surface area contributed by atoms with E-state index in [1.165, 1.54) is 0 Å². The summed E-state index contributed by atoms with van der Waals surface area (Å²) < 4.78 is 0. The number of anilines is 2. The molecule has 0 atom stereocenters. The van der Waals surface area contributed by atoms with Gasteiger partial charge in [-0.25, -0.2) is 9.98 Å². The van der Waals surface area contributed by atoms with Crippen LogP contribution in [0.1, 0.15) is 37.4 Å². The molecule has 3 rings (SSSR count). The molecule has 1 aromatic heterocycles. The molecule has 4 nitrogen and oxygen atoms in total. The van der Waals surface area contributed by atoms with E-state index in [4.69, 9.17) is 9.98 Å². The topological polar surface area (TPSA) is 40.5 Å². The number of aliphatic imine (C=N–C) groups is 1. The Bertz CT molecular complexity index is 687. The molecular weight excluding hydrogens is 280 g/mol. The first-order chi connectivity index (χ1) is 10.1. The number of fused-ring (bicyclic) bond motifs is 2. The van der Waals surface area contributed by atoms with Crippen LogP contribution < -0.4 is 5.32 Å². The molecule has 0 radical (unpaired) electrons. The summed E-state index contributed by atoms with van der Waals surface area (Å²) in [4.78, 5) is 11.8. The summed E-state index contributed by atoms with van der Waals surface area (Å²) >= 11 is 1.72. The Morgan fingerprint density at radius 1 is 1.29 bits per heavy atom. The molecule has 110 valence electrons. The summed E-state index contributed by atoms with van der Waals surface area (Å²) in [6.07, 6.45) is 0. The highest BCUT2D eigenvalue weighted by Gasteiger charge is 2.24. The predicted octanol–water partition coefficient (Wildman–Crippen LogP) is 4.35. The normalized spacial score (nSPS) is 13.1. The zero-order chi connectivity index (χ0) is 15.0. The monoisotopic (exact) mass is 300 g/mol. The maximum atomic E-state index is 4.85. The van der Waals surface area contributed by atoms with Crippen LogP contribution in [0.3, 0.4) is 0 Å². The van der Waals surface area contributed by atoms with Gasteiger partial charge in [0.1, 0.15) is 10.7 Å². The van der Waals surface area contributed by atoms with Crippen LogP contribution in [0.5, 0.6) is 0 Å². The van der Waals surface area contributed by atoms with Gasteiger partial charge >= 0.3 is 0 Å². The van der Waals surface area contributed by atoms with Crippen molar-refractivity contribution in [1.29, 1.82) is 0 Å². The lowest BCUT2D eigenvalue weighted by atomic mass is 10.2. The lowest BCUT2D eigenvalue weighted by Crippen LogP contribution is -2.27. The SMILES string of the molecule is CCN(C)C1=Nc2ccccc2Nc2sc(C(C)C)nc21. The number of rotatable bonds is 2. The first-order valence-corrected chi connectivity index (χ1v) is 8.08. The molecular formula is C16H20N4S. The molecule has 0 amide bonds. The molecule has 0 fully saturated rings. The first-order valence-electron chi connectivity index (χ1n) is 7.27. The van der Waals surface area contributed by atoms with Crippen LogP contribution >= 0.6 is 11.3 Å². The number of amidine groups is 1. The summed E-state index contributed by atoms with van der Waals surface area (Å²) in [5, 5.41) is 5.73. The second kappa shape index (κ2) is 5.48. The fourth-order valence-corrected chi connectivity index (χ4v) is 3.18. The molecule has 1 aliphatic rings. The molecule has 2 aromatic rings. The highest BCUT2D eigenvalue weighted by Crippen LogP contribution is 2.38. The van der Waals surface area contributed by atoms with Crippen LogP contribution in [0, 0.1) is 0 Å². The maximum Gasteiger partial charge on any atom is 0.158 e. The molecule has 21 heavy (non-hydrogen) atoms. The molecule has 0 aliphatic carbocycles. The van der Waals surface area contributed by atoms with Crippen LogP contribution in [0.15, 0.2) is 29.3 Å². The van der Waals surface area contributed by atoms with Crippen molar-refractivity contribution in [3.63, 3.8) is 0 Å². The largest absolute Gasteiger partial charge is 0.358 e. The van der Waals surface area contributed by atoms with Gasteiger partial charge in [-0.1, -0.05) is 26.0 Å². The van der Waals surface area contributed by atoms with E-state index in [9.17, 15) is 0 Å². The molecule has 1 aliphatic heterocycles. The van der Waals surface area contributed by atoms with E-state index in [1.54, 1.807) is 11.3 Å². The lowest BCUT2D eigenvalue weighted by Gasteiger charge is -2.17. The second-order valence-corrected chi connectivity index (χ2v) is 6.51. The van der Waals surface area contributed by atoms with Crippen LogP contribution in [0.4, 0.5) is 16.4 Å². The minimum absolute atomic E-state index is 0.423. The smallest absolute Gasteiger partial charge is 0.158 e. The standard InChI is InChI=1S/C16H20N4S/c1-5-20(4)14-13-16(21-15(19-13)10(2)3)18-12-9-7-6-8-11(12)17-14/h6-10,18H,5H2,1-4H3. The predicted molar refractivity (Wildman–Crippen MR) is 90.4 cm³/mol. The molecule has 1 N–H and O–H groups in total. The van der Waals surface area contributed by atoms with E-state index < -0.39 is 0 Å². The molecule has 1 aromatic carbocycles. The van der Waals surface area contributed by atoms with E-state index in [0.717, 1.165) is 39.5 Å². The van der Waals surface area contributed by atoms with Crippen LogP contribution in [-0.4, -0.2) is 29.3 Å². The van der Waals surface area contributed by atoms with Gasteiger partial charge < -0.3 is 10.2 Å². The van der Waals surface area contributed by atoms with Gasteiger partial charge in [-0.3, -0.25) is 0 Å². The third kappa shape index (κ3) is 2.53. The molecule has 0 unspecified atom stereocenters. The number of hydrogen-bond acceptors (Lipinski definition) is 5. The van der Waals surface area contributed by atoms with E-state index in [-0.39, 0.29) is 0 Å². The third-order valence-corrected chi connectivity index (χ3v) is 4.84. The number of thiazole rings is 1. The number of nitrogens with one attached hydrogen (secondary N) is 1. The Kier molecular flexibility index (Phi) is 3.68. The Morgan fingerprint density at radius 3 is 2.76 bits per heavy atom. The van der Waals surface area contributed by atoms with E-state index in [1.807, 2.05) is 18.2 Å². The summed E-state index contributed by atoms with van der Waals surface area (Å²) in [6, 6.07) is 8.14. The van der Waals surface area contributed by atoms with Gasteiger partial charge in [0.2, 0.25) is 0 Å². The fourth-order valence-electron chi connectivity index (χ4n) is 2.20. The molecule has 0 saturated heterocycles. The van der Waals surface area contributed by atoms with E-state index in [0.29, 0.717) is 5.92 Å². The zero-order valence-electron chi connectivity index (χ0n) is 12.8. The highest BCUT2D eigenvalue weighted by molar-refractivity contribution is 7.16. The van der Waals surface area contributed by atoms with Crippen molar-refractivity contribution in [2.24, 2.45) is 4.99 Å². The number of para-hydroxylation sites is 2. The van der Waals surface area contributed by atoms with Crippen LogP contribution in [0.2, 0.25) is 0 Å². The molecule has 0 bridgehead atoms. The third-order valence-electron chi connectivity index (χ3n) is 3.56. The van der Waals surface area contributed by atoms with Gasteiger partial charge in [-0.2, -0.15) is 0 Å². The average molecular weight is 300 g/mol. The molecule has 2 heterocycles. The Balaban J connectivity index is 2.18. The van der Waals surface area contributed by atoms with Gasteiger partial charge in [-0.05, 0) is 19.1 Å². The zero-order valence-corrected chi connectivity index (χ0v) is 13.7. The Hall–Kier alpha value is -1.88. The van der Waals surface area contributed by atoms with Gasteiger partial charge in [0, 0.05) is 19.5 Å². The Morgan fingerprint density at radius 2 is 2.05 bits per heavy atom. The highest BCUT2D eigenvalue weighted by atomic mass is 32.1. The number of aromatic nitrogens is 1. The van der Waals surface area contributed by atoms with Gasteiger partial charge in [0.25, 0.3) is 0 Å².